The van der Waals surface area contributed by atoms with Gasteiger partial charge in [-0.2, -0.15) is 10.7 Å². The second-order valence-corrected chi connectivity index (χ2v) is 6.26. The van der Waals surface area contributed by atoms with Crippen molar-refractivity contribution in [3.63, 3.8) is 0 Å². The zero-order chi connectivity index (χ0) is 19.8. The smallest absolute Gasteiger partial charge is 0.909 e. The van der Waals surface area contributed by atoms with Crippen LogP contribution in [0.2, 0.25) is 10.0 Å². The number of ether oxygens (including phenoxy) is 1. The van der Waals surface area contributed by atoms with E-state index in [4.69, 9.17) is 39.9 Å². The van der Waals surface area contributed by atoms with Crippen LogP contribution in [0.3, 0.4) is 0 Å². The first-order chi connectivity index (χ1) is 13.0. The first-order valence-electron chi connectivity index (χ1n) is 7.96. The Hall–Kier alpha value is -1.64. The fourth-order valence-corrected chi connectivity index (χ4v) is 2.44. The Balaban J connectivity index is 0. The number of hydrogen-bond acceptors (Lipinski definition) is 6. The Morgan fingerprint density at radius 1 is 1.30 bits per heavy atom. The van der Waals surface area contributed by atoms with Gasteiger partial charge >= 0.3 is 29.6 Å². The van der Waals surface area contributed by atoms with Crippen LogP contribution in [0.5, 0.6) is 5.88 Å². The van der Waals surface area contributed by atoms with Gasteiger partial charge in [0.05, 0.1) is 21.3 Å². The minimum absolute atomic E-state index is 0. The molecule has 0 saturated heterocycles. The number of aromatic nitrogens is 2. The molecule has 0 radical (unpaired) electrons. The van der Waals surface area contributed by atoms with Gasteiger partial charge in [-0.05, 0) is 25.0 Å². The second kappa shape index (κ2) is 15.2. The van der Waals surface area contributed by atoms with E-state index in [2.05, 4.69) is 20.6 Å². The third kappa shape index (κ3) is 9.45. The molecule has 0 aliphatic heterocycles. The summed E-state index contributed by atoms with van der Waals surface area (Å²) in [6.45, 7) is 5.35. The maximum Gasteiger partial charge on any atom is 1.00 e. The van der Waals surface area contributed by atoms with Crippen molar-refractivity contribution in [3.8, 4) is 5.88 Å². The fraction of sp³-hybridized carbons (Fsp3) is 0.200. The molecule has 0 spiro atoms. The zero-order valence-electron chi connectivity index (χ0n) is 17.4. The van der Waals surface area contributed by atoms with Crippen molar-refractivity contribution in [3.05, 3.63) is 72.5 Å². The minimum Gasteiger partial charge on any atom is -0.909 e. The van der Waals surface area contributed by atoms with E-state index >= 15 is 0 Å². The molecule has 10 heteroatoms. The molecule has 2 aromatic rings. The molecule has 0 unspecified atom stereocenters. The second-order valence-electron chi connectivity index (χ2n) is 5.45. The summed E-state index contributed by atoms with van der Waals surface area (Å²) in [5, 5.41) is 15.4. The average molecular weight is 459 g/mol. The quantitative estimate of drug-likeness (QED) is 0.285. The number of benzene rings is 1. The predicted molar refractivity (Wildman–Crippen MR) is 121 cm³/mol. The first-order valence-corrected chi connectivity index (χ1v) is 8.71. The van der Waals surface area contributed by atoms with Gasteiger partial charge in [0.15, 0.2) is 6.29 Å². The van der Waals surface area contributed by atoms with E-state index in [0.717, 1.165) is 18.5 Å². The summed E-state index contributed by atoms with van der Waals surface area (Å²) in [5.74, 6) is 0.389. The number of rotatable bonds is 7. The van der Waals surface area contributed by atoms with Crippen LogP contribution in [0.15, 0.2) is 30.1 Å². The SMILES string of the molecule is CNc1c(Cl)cccc1Cl.[CH-]=C(C=[N-])Nc1ncc(C=O)c(OC2CC2)n1.[CH3-].[CH3-].[Na+]. The van der Waals surface area contributed by atoms with Crippen molar-refractivity contribution in [1.29, 1.82) is 0 Å². The summed E-state index contributed by atoms with van der Waals surface area (Å²) in [4.78, 5) is 18.6. The summed E-state index contributed by atoms with van der Waals surface area (Å²) in [6.07, 6.45) is 4.71. The molecule has 1 aliphatic carbocycles. The summed E-state index contributed by atoms with van der Waals surface area (Å²) < 4.78 is 5.46. The fourth-order valence-electron chi connectivity index (χ4n) is 1.85. The van der Waals surface area contributed by atoms with E-state index in [1.54, 1.807) is 19.2 Å². The van der Waals surface area contributed by atoms with Crippen molar-refractivity contribution in [2.45, 2.75) is 18.9 Å². The summed E-state index contributed by atoms with van der Waals surface area (Å²) in [5.41, 5.74) is 1.07. The number of nitrogens with zero attached hydrogens (tertiary/aromatic N) is 3. The van der Waals surface area contributed by atoms with Gasteiger partial charge in [0.1, 0.15) is 6.10 Å². The van der Waals surface area contributed by atoms with Crippen molar-refractivity contribution in [2.24, 2.45) is 0 Å². The van der Waals surface area contributed by atoms with Gasteiger partial charge in [0.2, 0.25) is 11.8 Å². The molecule has 0 amide bonds. The standard InChI is InChI=1S/C11H10N4O2.C7H7Cl2N.2CH3.Na/c1-7(4-12)14-11-13-5-8(6-16)10(15-11)17-9-2-3-9;1-10-7-5(8)3-2-4-6(7)9;;;/h1,4-6,9H,2-3H2,(H,13,14,15);2-4,10H,1H3;2*1H3;/q-2;;2*-1;+1. The van der Waals surface area contributed by atoms with Gasteiger partial charge in [-0.15, -0.1) is 0 Å². The van der Waals surface area contributed by atoms with E-state index in [0.29, 0.717) is 22.5 Å². The van der Waals surface area contributed by atoms with E-state index in [1.165, 1.54) is 6.20 Å². The Morgan fingerprint density at radius 3 is 2.33 bits per heavy atom. The average Bonchev–Trinajstić information content (AvgIpc) is 3.47. The van der Waals surface area contributed by atoms with Crippen molar-refractivity contribution >= 4 is 47.3 Å². The van der Waals surface area contributed by atoms with Crippen LogP contribution >= 0.6 is 23.2 Å². The van der Waals surface area contributed by atoms with E-state index in [-0.39, 0.29) is 73.6 Å². The maximum atomic E-state index is 10.8. The number of para-hydroxylation sites is 1. The monoisotopic (exact) mass is 458 g/mol. The number of allylic oxidation sites excluding steroid dienone is 1. The number of halogens is 2. The molecule has 3 rings (SSSR count). The van der Waals surface area contributed by atoms with Crippen molar-refractivity contribution in [2.75, 3.05) is 17.7 Å². The molecular weight excluding hydrogens is 436 g/mol. The summed E-state index contributed by atoms with van der Waals surface area (Å²) in [6, 6.07) is 5.39. The van der Waals surface area contributed by atoms with Crippen LogP contribution < -0.4 is 44.9 Å². The van der Waals surface area contributed by atoms with Crippen LogP contribution in [0.4, 0.5) is 11.6 Å². The number of aldehydes is 1. The van der Waals surface area contributed by atoms with Gasteiger partial charge in [0, 0.05) is 13.2 Å². The minimum atomic E-state index is 0. The number of carbonyl (C=O) groups is 1. The number of nitrogens with one attached hydrogen (secondary N) is 2. The van der Waals surface area contributed by atoms with E-state index in [1.807, 2.05) is 6.07 Å². The topological polar surface area (TPSA) is 98.4 Å². The molecule has 7 nitrogen and oxygen atoms in total. The van der Waals surface area contributed by atoms with Crippen molar-refractivity contribution in [1.82, 2.24) is 9.97 Å². The Labute approximate surface area is 210 Å². The largest absolute Gasteiger partial charge is 1.00 e. The van der Waals surface area contributed by atoms with Crippen LogP contribution in [-0.2, 0) is 0 Å². The molecule has 1 aromatic carbocycles. The Kier molecular flexibility index (Phi) is 15.5. The van der Waals surface area contributed by atoms with Crippen LogP contribution in [0.25, 0.3) is 5.41 Å². The Bertz CT molecular complexity index is 828. The maximum absolute atomic E-state index is 10.8. The first kappa shape index (κ1) is 30.6. The number of carbonyl (C=O) groups excluding carboxylic acids is 1. The number of anilines is 2. The van der Waals surface area contributed by atoms with Crippen molar-refractivity contribution < 1.29 is 39.1 Å². The molecule has 1 saturated carbocycles. The molecule has 0 atom stereocenters. The van der Waals surface area contributed by atoms with E-state index in [9.17, 15) is 4.79 Å². The molecule has 2 N–H and O–H groups in total. The van der Waals surface area contributed by atoms with Gasteiger partial charge in [-0.3, -0.25) is 11.4 Å². The van der Waals surface area contributed by atoms with Gasteiger partial charge < -0.3 is 41.8 Å². The molecule has 1 heterocycles. The molecular formula is C20H23Cl2N5NaO2-3. The Morgan fingerprint density at radius 2 is 1.90 bits per heavy atom. The third-order valence-corrected chi connectivity index (χ3v) is 3.95. The summed E-state index contributed by atoms with van der Waals surface area (Å²) in [7, 11) is 1.78. The van der Waals surface area contributed by atoms with Crippen LogP contribution in [-0.4, -0.2) is 35.6 Å². The number of hydrogen-bond donors (Lipinski definition) is 2. The molecule has 158 valence electrons. The molecule has 1 aromatic heterocycles. The normalized spacial score (nSPS) is 11.0. The van der Waals surface area contributed by atoms with E-state index < -0.39 is 0 Å². The molecule has 0 bridgehead atoms. The van der Waals surface area contributed by atoms with Gasteiger partial charge in [-0.1, -0.05) is 29.3 Å². The molecule has 30 heavy (non-hydrogen) atoms. The predicted octanol–water partition coefficient (Wildman–Crippen LogP) is 2.14. The van der Waals surface area contributed by atoms with Crippen LogP contribution in [0.1, 0.15) is 23.2 Å². The van der Waals surface area contributed by atoms with Gasteiger partial charge in [-0.25, -0.2) is 4.98 Å². The van der Waals surface area contributed by atoms with Gasteiger partial charge in [0.25, 0.3) is 0 Å². The molecule has 1 aliphatic rings. The third-order valence-electron chi connectivity index (χ3n) is 3.32. The molecule has 1 fully saturated rings. The van der Waals surface area contributed by atoms with Crippen LogP contribution in [0, 0.1) is 21.4 Å². The summed E-state index contributed by atoms with van der Waals surface area (Å²) >= 11 is 11.6. The zero-order valence-corrected chi connectivity index (χ0v) is 21.0.